The first-order valence-corrected chi connectivity index (χ1v) is 11.3. The molecule has 0 saturated carbocycles. The van der Waals surface area contributed by atoms with Gasteiger partial charge in [0.2, 0.25) is 0 Å². The van der Waals surface area contributed by atoms with Gasteiger partial charge in [0.1, 0.15) is 5.04 Å². The summed E-state index contributed by atoms with van der Waals surface area (Å²) in [5.74, 6) is 0. The van der Waals surface area contributed by atoms with Crippen LogP contribution in [0.25, 0.3) is 0 Å². The average Bonchev–Trinajstić information content (AvgIpc) is 2.76. The van der Waals surface area contributed by atoms with Gasteiger partial charge >= 0.3 is 0 Å². The van der Waals surface area contributed by atoms with E-state index in [9.17, 15) is 0 Å². The highest BCUT2D eigenvalue weighted by molar-refractivity contribution is 8.14. The Kier molecular flexibility index (Phi) is 8.48. The van der Waals surface area contributed by atoms with Crippen LogP contribution in [0.15, 0.2) is 117 Å². The first-order valence-electron chi connectivity index (χ1n) is 9.63. The summed E-state index contributed by atoms with van der Waals surface area (Å²) in [4.78, 5) is 7.48. The van der Waals surface area contributed by atoms with Crippen LogP contribution in [0.1, 0.15) is 26.2 Å². The van der Waals surface area contributed by atoms with Crippen LogP contribution < -0.4 is 0 Å². The third-order valence-electron chi connectivity index (χ3n) is 4.10. The molecule has 3 aromatic rings. The third kappa shape index (κ3) is 6.74. The molecule has 0 atom stereocenters. The molecule has 1 nitrogen and oxygen atoms in total. The van der Waals surface area contributed by atoms with Gasteiger partial charge in [-0.3, -0.25) is 0 Å². The first kappa shape index (κ1) is 20.5. The highest BCUT2D eigenvalue weighted by Crippen LogP contribution is 2.31. The molecule has 0 saturated heterocycles. The molecule has 3 aromatic carbocycles. The molecule has 142 valence electrons. The van der Waals surface area contributed by atoms with Gasteiger partial charge < -0.3 is 0 Å². The Hall–Kier alpha value is -2.23. The largest absolute Gasteiger partial charge is 0.241 e. The summed E-state index contributed by atoms with van der Waals surface area (Å²) in [5.41, 5.74) is 2.29. The Morgan fingerprint density at radius 3 is 1.96 bits per heavy atom. The van der Waals surface area contributed by atoms with E-state index >= 15 is 0 Å². The lowest BCUT2D eigenvalue weighted by Gasteiger charge is -2.12. The summed E-state index contributed by atoms with van der Waals surface area (Å²) in [6.07, 6.45) is 3.36. The maximum Gasteiger partial charge on any atom is 0.105 e. The van der Waals surface area contributed by atoms with E-state index in [0.29, 0.717) is 0 Å². The lowest BCUT2D eigenvalue weighted by molar-refractivity contribution is 0.805. The second-order valence-electron chi connectivity index (χ2n) is 6.35. The SMILES string of the molecule is CCCCC(=C\Sc1ccccc1)/C(=N\c1ccccc1)Sc1ccccc1. The zero-order valence-electron chi connectivity index (χ0n) is 16.1. The minimum atomic E-state index is 0.994. The topological polar surface area (TPSA) is 12.4 Å². The molecular weight excluding hydrogens is 378 g/mol. The molecule has 0 aromatic heterocycles. The van der Waals surface area contributed by atoms with Crippen LogP contribution in [0.5, 0.6) is 0 Å². The van der Waals surface area contributed by atoms with Crippen LogP contribution in [-0.4, -0.2) is 5.04 Å². The van der Waals surface area contributed by atoms with E-state index in [-0.39, 0.29) is 0 Å². The van der Waals surface area contributed by atoms with Crippen molar-refractivity contribution in [3.63, 3.8) is 0 Å². The highest BCUT2D eigenvalue weighted by atomic mass is 32.2. The Balaban J connectivity index is 1.93. The minimum absolute atomic E-state index is 0.994. The average molecular weight is 404 g/mol. The number of aliphatic imine (C=N–C) groups is 1. The molecular formula is C25H25NS2. The van der Waals surface area contributed by atoms with Crippen LogP contribution in [-0.2, 0) is 0 Å². The van der Waals surface area contributed by atoms with Crippen molar-refractivity contribution >= 4 is 34.3 Å². The molecule has 0 amide bonds. The molecule has 3 heteroatoms. The van der Waals surface area contributed by atoms with Gasteiger partial charge in [-0.25, -0.2) is 4.99 Å². The number of thioether (sulfide) groups is 2. The molecule has 0 bridgehead atoms. The van der Waals surface area contributed by atoms with Crippen molar-refractivity contribution in [1.29, 1.82) is 0 Å². The van der Waals surface area contributed by atoms with Crippen LogP contribution in [0.4, 0.5) is 5.69 Å². The number of nitrogens with zero attached hydrogens (tertiary/aromatic N) is 1. The molecule has 0 aliphatic rings. The van der Waals surface area contributed by atoms with Crippen molar-refractivity contribution < 1.29 is 0 Å². The maximum absolute atomic E-state index is 5.02. The summed E-state index contributed by atoms with van der Waals surface area (Å²) >= 11 is 3.52. The standard InChI is InChI=1S/C25H25NS2/c1-2-3-13-21(20-27-23-16-9-5-10-17-23)25(26-22-14-7-4-8-15-22)28-24-18-11-6-12-19-24/h4-12,14-20H,2-3,13H2,1H3/b21-20+,26-25+. The van der Waals surface area contributed by atoms with Crippen molar-refractivity contribution in [3.05, 3.63) is 102 Å². The van der Waals surface area contributed by atoms with E-state index in [1.54, 1.807) is 23.5 Å². The molecule has 0 aliphatic heterocycles. The van der Waals surface area contributed by atoms with Crippen molar-refractivity contribution in [2.75, 3.05) is 0 Å². The van der Waals surface area contributed by atoms with Crippen LogP contribution >= 0.6 is 23.5 Å². The van der Waals surface area contributed by atoms with Crippen LogP contribution in [0.2, 0.25) is 0 Å². The third-order valence-corrected chi connectivity index (χ3v) is 6.10. The van der Waals surface area contributed by atoms with Gasteiger partial charge in [0.25, 0.3) is 0 Å². The van der Waals surface area contributed by atoms with Crippen molar-refractivity contribution in [2.45, 2.75) is 36.0 Å². The predicted molar refractivity (Wildman–Crippen MR) is 126 cm³/mol. The van der Waals surface area contributed by atoms with E-state index in [2.05, 4.69) is 85.1 Å². The van der Waals surface area contributed by atoms with E-state index in [4.69, 9.17) is 4.99 Å². The number of unbranched alkanes of at least 4 members (excludes halogenated alkanes) is 1. The molecule has 3 rings (SSSR count). The summed E-state index contributed by atoms with van der Waals surface area (Å²) in [5, 5.41) is 3.36. The van der Waals surface area contributed by atoms with Gasteiger partial charge in [-0.1, -0.05) is 91.5 Å². The Bertz CT molecular complexity index is 888. The van der Waals surface area contributed by atoms with Crippen LogP contribution in [0, 0.1) is 0 Å². The zero-order chi connectivity index (χ0) is 19.4. The lowest BCUT2D eigenvalue weighted by atomic mass is 10.1. The smallest absolute Gasteiger partial charge is 0.105 e. The number of hydrogen-bond acceptors (Lipinski definition) is 3. The van der Waals surface area contributed by atoms with E-state index in [1.165, 1.54) is 21.8 Å². The van der Waals surface area contributed by atoms with Gasteiger partial charge in [-0.05, 0) is 60.2 Å². The van der Waals surface area contributed by atoms with Gasteiger partial charge in [-0.2, -0.15) is 0 Å². The van der Waals surface area contributed by atoms with E-state index < -0.39 is 0 Å². The fraction of sp³-hybridized carbons (Fsp3) is 0.160. The molecule has 0 unspecified atom stereocenters. The van der Waals surface area contributed by atoms with Gasteiger partial charge in [0, 0.05) is 9.79 Å². The summed E-state index contributed by atoms with van der Waals surface area (Å²) in [7, 11) is 0. The zero-order valence-corrected chi connectivity index (χ0v) is 17.8. The Morgan fingerprint density at radius 2 is 1.36 bits per heavy atom. The normalized spacial score (nSPS) is 12.2. The van der Waals surface area contributed by atoms with Crippen molar-refractivity contribution in [2.24, 2.45) is 4.99 Å². The monoisotopic (exact) mass is 403 g/mol. The minimum Gasteiger partial charge on any atom is -0.241 e. The Labute approximate surface area is 177 Å². The van der Waals surface area contributed by atoms with E-state index in [0.717, 1.165) is 23.6 Å². The van der Waals surface area contributed by atoms with Crippen molar-refractivity contribution in [1.82, 2.24) is 0 Å². The Morgan fingerprint density at radius 1 is 0.786 bits per heavy atom. The van der Waals surface area contributed by atoms with Gasteiger partial charge in [0.05, 0.1) is 5.69 Å². The lowest BCUT2D eigenvalue weighted by Crippen LogP contribution is -1.98. The predicted octanol–water partition coefficient (Wildman–Crippen LogP) is 8.38. The van der Waals surface area contributed by atoms with Crippen molar-refractivity contribution in [3.8, 4) is 0 Å². The fourth-order valence-corrected chi connectivity index (χ4v) is 4.46. The number of hydrogen-bond donors (Lipinski definition) is 0. The van der Waals surface area contributed by atoms with E-state index in [1.807, 2.05) is 18.2 Å². The second kappa shape index (κ2) is 11.6. The van der Waals surface area contributed by atoms with Gasteiger partial charge in [0.15, 0.2) is 0 Å². The molecule has 0 N–H and O–H groups in total. The summed E-state index contributed by atoms with van der Waals surface area (Å²) in [6, 6.07) is 31.3. The molecule has 0 aliphatic carbocycles. The fourth-order valence-electron chi connectivity index (χ4n) is 2.60. The van der Waals surface area contributed by atoms with Crippen LogP contribution in [0.3, 0.4) is 0 Å². The second-order valence-corrected chi connectivity index (χ2v) is 8.35. The summed E-state index contributed by atoms with van der Waals surface area (Å²) < 4.78 is 0. The molecule has 0 heterocycles. The highest BCUT2D eigenvalue weighted by Gasteiger charge is 2.11. The summed E-state index contributed by atoms with van der Waals surface area (Å²) in [6.45, 7) is 2.24. The maximum atomic E-state index is 5.02. The first-order chi connectivity index (χ1) is 13.8. The van der Waals surface area contributed by atoms with Gasteiger partial charge in [-0.15, -0.1) is 0 Å². The number of para-hydroxylation sites is 1. The number of benzene rings is 3. The quantitative estimate of drug-likeness (QED) is 0.213. The molecule has 0 fully saturated rings. The number of rotatable bonds is 8. The molecule has 0 radical (unpaired) electrons. The molecule has 0 spiro atoms. The molecule has 28 heavy (non-hydrogen) atoms.